The zero-order chi connectivity index (χ0) is 10.1. The minimum Gasteiger partial charge on any atom is -0.378 e. The number of anilines is 1. The van der Waals surface area contributed by atoms with Gasteiger partial charge in [0.2, 0.25) is 10.9 Å². The average molecular weight is 195 g/mol. The highest BCUT2D eigenvalue weighted by Gasteiger charge is 2.25. The second kappa shape index (κ2) is 3.53. The third kappa shape index (κ3) is 1.26. The molecule has 2 rings (SSSR count). The summed E-state index contributed by atoms with van der Waals surface area (Å²) in [5, 5.41) is 0. The van der Waals surface area contributed by atoms with Crippen molar-refractivity contribution in [1.82, 2.24) is 0 Å². The minimum atomic E-state index is -0.316. The van der Waals surface area contributed by atoms with Crippen LogP contribution in [0.5, 0.6) is 0 Å². The van der Waals surface area contributed by atoms with Gasteiger partial charge in [-0.05, 0) is 6.42 Å². The van der Waals surface area contributed by atoms with E-state index in [0.29, 0.717) is 30.9 Å². The maximum Gasteiger partial charge on any atom is 0.249 e. The summed E-state index contributed by atoms with van der Waals surface area (Å²) in [6.07, 6.45) is 0.650. The number of hydrogen-bond donors (Lipinski definition) is 0. The number of ether oxygens (including phenoxy) is 1. The van der Waals surface area contributed by atoms with Crippen LogP contribution in [0.15, 0.2) is 9.59 Å². The van der Waals surface area contributed by atoms with Crippen LogP contribution in [0.4, 0.5) is 5.69 Å². The Kier molecular flexibility index (Phi) is 2.37. The molecule has 0 atom stereocenters. The molecule has 0 spiro atoms. The third-order valence-electron chi connectivity index (χ3n) is 2.66. The van der Waals surface area contributed by atoms with Crippen molar-refractivity contribution in [3.8, 4) is 0 Å². The molecule has 1 saturated heterocycles. The summed E-state index contributed by atoms with van der Waals surface area (Å²) in [5.41, 5.74) is 0.718. The van der Waals surface area contributed by atoms with Crippen LogP contribution in [0.1, 0.15) is 12.5 Å². The molecule has 1 heterocycles. The van der Waals surface area contributed by atoms with E-state index in [9.17, 15) is 9.59 Å². The third-order valence-corrected chi connectivity index (χ3v) is 2.66. The Labute approximate surface area is 81.8 Å². The van der Waals surface area contributed by atoms with Crippen LogP contribution in [0, 0.1) is 0 Å². The first-order valence-electron chi connectivity index (χ1n) is 4.90. The SMILES string of the molecule is CCc1c(N2CCOCC2)c(=O)c1=O. The van der Waals surface area contributed by atoms with E-state index in [0.717, 1.165) is 13.1 Å². The van der Waals surface area contributed by atoms with Gasteiger partial charge in [-0.25, -0.2) is 0 Å². The topological polar surface area (TPSA) is 46.6 Å². The summed E-state index contributed by atoms with van der Waals surface area (Å²) >= 11 is 0. The zero-order valence-corrected chi connectivity index (χ0v) is 8.21. The van der Waals surface area contributed by atoms with Gasteiger partial charge in [-0.3, -0.25) is 9.59 Å². The van der Waals surface area contributed by atoms with Crippen molar-refractivity contribution < 1.29 is 4.74 Å². The van der Waals surface area contributed by atoms with Crippen molar-refractivity contribution in [1.29, 1.82) is 0 Å². The highest BCUT2D eigenvalue weighted by Crippen LogP contribution is 2.16. The molecule has 0 radical (unpaired) electrons. The lowest BCUT2D eigenvalue weighted by Gasteiger charge is -2.30. The maximum absolute atomic E-state index is 11.3. The van der Waals surface area contributed by atoms with E-state index in [-0.39, 0.29) is 10.9 Å². The Morgan fingerprint density at radius 1 is 1.21 bits per heavy atom. The molecule has 14 heavy (non-hydrogen) atoms. The van der Waals surface area contributed by atoms with Gasteiger partial charge >= 0.3 is 0 Å². The van der Waals surface area contributed by atoms with Crippen LogP contribution >= 0.6 is 0 Å². The van der Waals surface area contributed by atoms with Crippen LogP contribution < -0.4 is 15.8 Å². The molecule has 0 N–H and O–H groups in total. The second-order valence-corrected chi connectivity index (χ2v) is 3.44. The van der Waals surface area contributed by atoms with Gasteiger partial charge in [0, 0.05) is 18.7 Å². The normalized spacial score (nSPS) is 17.6. The number of morpholine rings is 1. The summed E-state index contributed by atoms with van der Waals surface area (Å²) in [6, 6.07) is 0. The van der Waals surface area contributed by atoms with Crippen LogP contribution in [0.25, 0.3) is 0 Å². The van der Waals surface area contributed by atoms with Gasteiger partial charge in [0.05, 0.1) is 18.9 Å². The molecule has 0 aliphatic carbocycles. The van der Waals surface area contributed by atoms with Gasteiger partial charge in [-0.15, -0.1) is 0 Å². The zero-order valence-electron chi connectivity index (χ0n) is 8.21. The van der Waals surface area contributed by atoms with Crippen molar-refractivity contribution >= 4 is 5.69 Å². The van der Waals surface area contributed by atoms with Crippen LogP contribution in [0.2, 0.25) is 0 Å². The molecule has 1 aliphatic rings. The molecular formula is C10H13NO3. The van der Waals surface area contributed by atoms with Crippen LogP contribution in [-0.2, 0) is 11.2 Å². The number of rotatable bonds is 2. The smallest absolute Gasteiger partial charge is 0.249 e. The molecule has 76 valence electrons. The molecule has 1 aromatic rings. The van der Waals surface area contributed by atoms with Crippen LogP contribution in [-0.4, -0.2) is 26.3 Å². The van der Waals surface area contributed by atoms with Crippen molar-refractivity contribution in [2.45, 2.75) is 13.3 Å². The fraction of sp³-hybridized carbons (Fsp3) is 0.600. The van der Waals surface area contributed by atoms with Crippen LogP contribution in [0.3, 0.4) is 0 Å². The molecule has 0 unspecified atom stereocenters. The molecule has 0 bridgehead atoms. The quantitative estimate of drug-likeness (QED) is 0.607. The molecule has 1 aromatic carbocycles. The van der Waals surface area contributed by atoms with E-state index in [1.54, 1.807) is 0 Å². The van der Waals surface area contributed by atoms with Crippen molar-refractivity contribution in [3.05, 3.63) is 26.0 Å². The Bertz CT molecular complexity index is 397. The highest BCUT2D eigenvalue weighted by atomic mass is 16.5. The Morgan fingerprint density at radius 3 is 2.43 bits per heavy atom. The fourth-order valence-electron chi connectivity index (χ4n) is 1.88. The summed E-state index contributed by atoms with van der Waals surface area (Å²) < 4.78 is 5.19. The minimum absolute atomic E-state index is 0.297. The molecule has 0 amide bonds. The predicted molar refractivity (Wildman–Crippen MR) is 53.8 cm³/mol. The van der Waals surface area contributed by atoms with E-state index in [1.807, 2.05) is 11.8 Å². The summed E-state index contributed by atoms with van der Waals surface area (Å²) in [4.78, 5) is 24.5. The van der Waals surface area contributed by atoms with Gasteiger partial charge in [-0.2, -0.15) is 0 Å². The summed E-state index contributed by atoms with van der Waals surface area (Å²) in [5.74, 6) is 0. The fourth-order valence-corrected chi connectivity index (χ4v) is 1.88. The van der Waals surface area contributed by atoms with E-state index >= 15 is 0 Å². The maximum atomic E-state index is 11.3. The lowest BCUT2D eigenvalue weighted by Crippen LogP contribution is -2.47. The first-order chi connectivity index (χ1) is 6.75. The lowest BCUT2D eigenvalue weighted by atomic mass is 10.0. The van der Waals surface area contributed by atoms with Crippen molar-refractivity contribution in [2.24, 2.45) is 0 Å². The first kappa shape index (κ1) is 9.40. The number of hydrogen-bond acceptors (Lipinski definition) is 4. The van der Waals surface area contributed by atoms with Crippen molar-refractivity contribution in [2.75, 3.05) is 31.2 Å². The molecule has 4 heteroatoms. The average Bonchev–Trinajstić information content (AvgIpc) is 2.25. The van der Waals surface area contributed by atoms with E-state index in [4.69, 9.17) is 4.74 Å². The monoisotopic (exact) mass is 195 g/mol. The molecule has 4 nitrogen and oxygen atoms in total. The van der Waals surface area contributed by atoms with Crippen molar-refractivity contribution in [3.63, 3.8) is 0 Å². The first-order valence-corrected chi connectivity index (χ1v) is 4.90. The summed E-state index contributed by atoms with van der Waals surface area (Å²) in [6.45, 7) is 4.62. The molecule has 1 fully saturated rings. The van der Waals surface area contributed by atoms with E-state index in [2.05, 4.69) is 0 Å². The lowest BCUT2D eigenvalue weighted by molar-refractivity contribution is 0.122. The molecule has 1 aliphatic heterocycles. The Hall–Kier alpha value is -1.16. The van der Waals surface area contributed by atoms with E-state index < -0.39 is 0 Å². The molecule has 0 aromatic heterocycles. The summed E-state index contributed by atoms with van der Waals surface area (Å²) in [7, 11) is 0. The Balaban J connectivity index is 2.27. The van der Waals surface area contributed by atoms with Gasteiger partial charge in [0.25, 0.3) is 0 Å². The van der Waals surface area contributed by atoms with Gasteiger partial charge in [0.1, 0.15) is 0 Å². The van der Waals surface area contributed by atoms with Gasteiger partial charge in [0.15, 0.2) is 0 Å². The highest BCUT2D eigenvalue weighted by molar-refractivity contribution is 5.58. The van der Waals surface area contributed by atoms with E-state index in [1.165, 1.54) is 0 Å². The largest absolute Gasteiger partial charge is 0.378 e. The number of nitrogens with zero attached hydrogens (tertiary/aromatic N) is 1. The predicted octanol–water partition coefficient (Wildman–Crippen LogP) is -0.318. The standard InChI is InChI=1S/C10H13NO3/c1-2-7-8(10(13)9(7)12)11-3-5-14-6-4-11/h2-6H2,1H3. The molecular weight excluding hydrogens is 182 g/mol. The second-order valence-electron chi connectivity index (χ2n) is 3.44. The Morgan fingerprint density at radius 2 is 1.86 bits per heavy atom. The van der Waals surface area contributed by atoms with Gasteiger partial charge < -0.3 is 9.64 Å². The molecule has 0 saturated carbocycles. The van der Waals surface area contributed by atoms with Gasteiger partial charge in [-0.1, -0.05) is 6.92 Å².